The molecule has 0 saturated heterocycles. The number of nitriles is 1. The number of hydrogen-bond donors (Lipinski definition) is 2. The Kier molecular flexibility index (Phi) is 4.96. The lowest BCUT2D eigenvalue weighted by atomic mass is 10.3. The van der Waals surface area contributed by atoms with E-state index in [1.54, 1.807) is 7.11 Å². The van der Waals surface area contributed by atoms with Gasteiger partial charge in [-0.05, 0) is 24.3 Å². The SMILES string of the molecule is COc1ccc(Nc2nnc(SCc3cc(=O)n4[nH]cc(C#N)c4n3)s2)cc1. The molecular formula is C17H13N7O2S2. The minimum atomic E-state index is -0.263. The maximum Gasteiger partial charge on any atom is 0.272 e. The van der Waals surface area contributed by atoms with Crippen LogP contribution in [0.2, 0.25) is 0 Å². The maximum atomic E-state index is 12.1. The molecule has 0 bridgehead atoms. The number of nitrogens with zero attached hydrogens (tertiary/aromatic N) is 5. The highest BCUT2D eigenvalue weighted by Gasteiger charge is 2.11. The number of hydrogen-bond acceptors (Lipinski definition) is 9. The zero-order valence-corrected chi connectivity index (χ0v) is 16.2. The third-order valence-corrected chi connectivity index (χ3v) is 5.77. The molecule has 9 nitrogen and oxygen atoms in total. The van der Waals surface area contributed by atoms with Gasteiger partial charge in [0.1, 0.15) is 17.4 Å². The van der Waals surface area contributed by atoms with Crippen LogP contribution in [0.3, 0.4) is 0 Å². The summed E-state index contributed by atoms with van der Waals surface area (Å²) in [4.78, 5) is 16.5. The van der Waals surface area contributed by atoms with E-state index in [1.165, 1.54) is 39.9 Å². The quantitative estimate of drug-likeness (QED) is 0.465. The van der Waals surface area contributed by atoms with Gasteiger partial charge in [0.05, 0.1) is 12.8 Å². The molecule has 140 valence electrons. The summed E-state index contributed by atoms with van der Waals surface area (Å²) < 4.78 is 7.12. The molecule has 3 aromatic heterocycles. The van der Waals surface area contributed by atoms with Crippen molar-refractivity contribution in [2.45, 2.75) is 10.1 Å². The van der Waals surface area contributed by atoms with Crippen LogP contribution in [0.1, 0.15) is 11.3 Å². The standard InChI is InChI=1S/C17H13N7O2S2/c1-26-13-4-2-11(3-5-13)21-16-22-23-17(28-16)27-9-12-6-14(25)24-15(20-12)10(7-18)8-19-24/h2-6,8,19H,9H2,1H3,(H,21,22). The smallest absolute Gasteiger partial charge is 0.272 e. The van der Waals surface area contributed by atoms with Crippen LogP contribution in [-0.4, -0.2) is 31.9 Å². The van der Waals surface area contributed by atoms with Gasteiger partial charge in [0, 0.05) is 23.7 Å². The number of aromatic amines is 1. The van der Waals surface area contributed by atoms with Crippen molar-refractivity contribution in [3.05, 3.63) is 58.1 Å². The van der Waals surface area contributed by atoms with E-state index in [1.807, 2.05) is 30.3 Å². The number of ether oxygens (including phenoxy) is 1. The van der Waals surface area contributed by atoms with Gasteiger partial charge in [-0.15, -0.1) is 10.2 Å². The molecule has 0 spiro atoms. The number of fused-ring (bicyclic) bond motifs is 1. The fraction of sp³-hybridized carbons (Fsp3) is 0.118. The second kappa shape index (κ2) is 7.71. The van der Waals surface area contributed by atoms with Crippen molar-refractivity contribution in [2.75, 3.05) is 12.4 Å². The molecule has 28 heavy (non-hydrogen) atoms. The highest BCUT2D eigenvalue weighted by Crippen LogP contribution is 2.29. The molecule has 0 radical (unpaired) electrons. The van der Waals surface area contributed by atoms with Gasteiger partial charge in [-0.25, -0.2) is 9.50 Å². The van der Waals surface area contributed by atoms with Crippen LogP contribution in [-0.2, 0) is 5.75 Å². The number of benzene rings is 1. The van der Waals surface area contributed by atoms with Crippen LogP contribution in [0.4, 0.5) is 10.8 Å². The molecule has 0 amide bonds. The largest absolute Gasteiger partial charge is 0.497 e. The molecule has 4 aromatic rings. The Bertz CT molecular complexity index is 1220. The Morgan fingerprint density at radius 3 is 2.93 bits per heavy atom. The molecule has 0 aliphatic carbocycles. The number of methoxy groups -OCH3 is 1. The normalized spacial score (nSPS) is 10.7. The fourth-order valence-electron chi connectivity index (χ4n) is 2.44. The van der Waals surface area contributed by atoms with Crippen molar-refractivity contribution in [1.82, 2.24) is 24.8 Å². The molecule has 3 heterocycles. The van der Waals surface area contributed by atoms with E-state index < -0.39 is 0 Å². The van der Waals surface area contributed by atoms with Crippen LogP contribution < -0.4 is 15.6 Å². The van der Waals surface area contributed by atoms with Crippen LogP contribution in [0.15, 0.2) is 45.7 Å². The number of H-pyrrole nitrogens is 1. The average molecular weight is 411 g/mol. The first-order chi connectivity index (χ1) is 13.7. The van der Waals surface area contributed by atoms with Crippen LogP contribution in [0.25, 0.3) is 5.65 Å². The molecule has 0 aliphatic heterocycles. The third-order valence-electron chi connectivity index (χ3n) is 3.76. The van der Waals surface area contributed by atoms with E-state index in [0.29, 0.717) is 27.8 Å². The van der Waals surface area contributed by atoms with E-state index in [9.17, 15) is 4.79 Å². The molecule has 0 unspecified atom stereocenters. The Morgan fingerprint density at radius 1 is 1.36 bits per heavy atom. The summed E-state index contributed by atoms with van der Waals surface area (Å²) in [6.07, 6.45) is 1.46. The summed E-state index contributed by atoms with van der Waals surface area (Å²) in [6.45, 7) is 0. The molecule has 4 rings (SSSR count). The third kappa shape index (κ3) is 3.68. The predicted molar refractivity (Wildman–Crippen MR) is 106 cm³/mol. The minimum absolute atomic E-state index is 0.263. The zero-order chi connectivity index (χ0) is 19.5. The Morgan fingerprint density at radius 2 is 2.18 bits per heavy atom. The van der Waals surface area contributed by atoms with Gasteiger partial charge >= 0.3 is 0 Å². The average Bonchev–Trinajstić information content (AvgIpc) is 3.34. The highest BCUT2D eigenvalue weighted by molar-refractivity contribution is 8.00. The predicted octanol–water partition coefficient (Wildman–Crippen LogP) is 2.79. The molecule has 1 aromatic carbocycles. The van der Waals surface area contributed by atoms with Gasteiger partial charge in [0.15, 0.2) is 9.99 Å². The van der Waals surface area contributed by atoms with E-state index in [0.717, 1.165) is 15.8 Å². The summed E-state index contributed by atoms with van der Waals surface area (Å²) in [7, 11) is 1.62. The number of nitrogens with one attached hydrogen (secondary N) is 2. The summed E-state index contributed by atoms with van der Waals surface area (Å²) in [5.41, 5.74) is 1.84. The van der Waals surface area contributed by atoms with Crippen molar-refractivity contribution in [3.8, 4) is 11.8 Å². The Hall–Kier alpha value is -3.36. The Balaban J connectivity index is 1.45. The van der Waals surface area contributed by atoms with Gasteiger partial charge in [-0.1, -0.05) is 23.1 Å². The zero-order valence-electron chi connectivity index (χ0n) is 14.5. The van der Waals surface area contributed by atoms with E-state index >= 15 is 0 Å². The van der Waals surface area contributed by atoms with E-state index in [4.69, 9.17) is 10.00 Å². The summed E-state index contributed by atoms with van der Waals surface area (Å²) >= 11 is 2.83. The minimum Gasteiger partial charge on any atom is -0.497 e. The van der Waals surface area contributed by atoms with Gasteiger partial charge in [-0.3, -0.25) is 9.89 Å². The van der Waals surface area contributed by atoms with Crippen molar-refractivity contribution in [3.63, 3.8) is 0 Å². The number of anilines is 2. The lowest BCUT2D eigenvalue weighted by molar-refractivity contribution is 0.415. The number of aromatic nitrogens is 5. The Labute approximate surface area is 167 Å². The summed E-state index contributed by atoms with van der Waals surface area (Å²) in [5, 5.41) is 23.9. The van der Waals surface area contributed by atoms with Crippen molar-refractivity contribution >= 4 is 39.6 Å². The summed E-state index contributed by atoms with van der Waals surface area (Å²) in [5.74, 6) is 1.22. The van der Waals surface area contributed by atoms with Crippen LogP contribution >= 0.6 is 23.1 Å². The number of rotatable bonds is 6. The van der Waals surface area contributed by atoms with Crippen molar-refractivity contribution < 1.29 is 4.74 Å². The van der Waals surface area contributed by atoms with Gasteiger partial charge in [0.25, 0.3) is 5.56 Å². The molecule has 2 N–H and O–H groups in total. The van der Waals surface area contributed by atoms with Crippen LogP contribution in [0, 0.1) is 11.3 Å². The first-order valence-corrected chi connectivity index (χ1v) is 9.84. The monoisotopic (exact) mass is 411 g/mol. The molecule has 0 saturated carbocycles. The van der Waals surface area contributed by atoms with Gasteiger partial charge < -0.3 is 10.1 Å². The van der Waals surface area contributed by atoms with Crippen molar-refractivity contribution in [1.29, 1.82) is 5.26 Å². The van der Waals surface area contributed by atoms with Crippen LogP contribution in [0.5, 0.6) is 5.75 Å². The molecule has 0 fully saturated rings. The molecule has 11 heteroatoms. The first-order valence-electron chi connectivity index (χ1n) is 8.04. The highest BCUT2D eigenvalue weighted by atomic mass is 32.2. The fourth-order valence-corrected chi connectivity index (χ4v) is 4.10. The molecular weight excluding hydrogens is 398 g/mol. The lowest BCUT2D eigenvalue weighted by Crippen LogP contribution is -2.15. The van der Waals surface area contributed by atoms with Gasteiger partial charge in [0.2, 0.25) is 5.13 Å². The van der Waals surface area contributed by atoms with Gasteiger partial charge in [-0.2, -0.15) is 5.26 Å². The second-order valence-electron chi connectivity index (χ2n) is 5.56. The number of thioether (sulfide) groups is 1. The lowest BCUT2D eigenvalue weighted by Gasteiger charge is -2.03. The molecule has 0 atom stereocenters. The molecule has 0 aliphatic rings. The second-order valence-corrected chi connectivity index (χ2v) is 7.76. The topological polar surface area (TPSA) is 121 Å². The van der Waals surface area contributed by atoms with E-state index in [2.05, 4.69) is 25.6 Å². The van der Waals surface area contributed by atoms with E-state index in [-0.39, 0.29) is 5.56 Å². The summed E-state index contributed by atoms with van der Waals surface area (Å²) in [6, 6.07) is 11.0. The maximum absolute atomic E-state index is 12.1. The first kappa shape index (κ1) is 18.0. The van der Waals surface area contributed by atoms with Crippen molar-refractivity contribution in [2.24, 2.45) is 0 Å².